The Morgan fingerprint density at radius 3 is 2.74 bits per heavy atom. The second-order valence-corrected chi connectivity index (χ2v) is 12.1. The Balaban J connectivity index is 1.84. The standard InChI is InChI=1S/C23H28N6O5S/c1-12-9-33-10-14-11-34-18-19(23(3,4)35(5,31)32)27-21(28-22(18)29(12)14)17-15-6-7-24-20(15)25-8-16(17)26-13(2)30/h6-8,12,14H,9-11H2,1-5H3,(H,24,25)(H,26,30)/t12-,14+/m1/s1. The molecular formula is C23H28N6O5S. The average Bonchev–Trinajstić information content (AvgIpc) is 3.25. The van der Waals surface area contributed by atoms with Crippen LogP contribution < -0.4 is 15.0 Å². The van der Waals surface area contributed by atoms with E-state index >= 15 is 0 Å². The Morgan fingerprint density at radius 1 is 1.26 bits per heavy atom. The van der Waals surface area contributed by atoms with Crippen LogP contribution in [0, 0.1) is 0 Å². The van der Waals surface area contributed by atoms with Crippen molar-refractivity contribution in [3.8, 4) is 17.1 Å². The van der Waals surface area contributed by atoms with E-state index in [4.69, 9.17) is 19.4 Å². The van der Waals surface area contributed by atoms with E-state index in [9.17, 15) is 13.2 Å². The molecule has 35 heavy (non-hydrogen) atoms. The van der Waals surface area contributed by atoms with Crippen LogP contribution in [0.3, 0.4) is 0 Å². The third kappa shape index (κ3) is 3.80. The first-order valence-electron chi connectivity index (χ1n) is 11.3. The summed E-state index contributed by atoms with van der Waals surface area (Å²) in [5, 5.41) is 3.51. The number of rotatable bonds is 4. The number of anilines is 2. The van der Waals surface area contributed by atoms with Gasteiger partial charge < -0.3 is 24.7 Å². The van der Waals surface area contributed by atoms with E-state index in [1.807, 2.05) is 13.0 Å². The van der Waals surface area contributed by atoms with E-state index in [0.29, 0.717) is 53.7 Å². The van der Waals surface area contributed by atoms with Crippen LogP contribution in [-0.4, -0.2) is 72.4 Å². The minimum absolute atomic E-state index is 0.00659. The highest BCUT2D eigenvalue weighted by atomic mass is 32.2. The van der Waals surface area contributed by atoms with Crippen molar-refractivity contribution < 1.29 is 22.7 Å². The van der Waals surface area contributed by atoms with E-state index in [-0.39, 0.29) is 29.5 Å². The zero-order valence-electron chi connectivity index (χ0n) is 20.2. The molecule has 0 saturated carbocycles. The number of nitrogens with one attached hydrogen (secondary N) is 2. The van der Waals surface area contributed by atoms with E-state index in [0.717, 1.165) is 0 Å². The Kier molecular flexibility index (Phi) is 5.48. The number of hydrogen-bond donors (Lipinski definition) is 2. The van der Waals surface area contributed by atoms with Gasteiger partial charge in [0.1, 0.15) is 22.7 Å². The monoisotopic (exact) mass is 500 g/mol. The molecule has 0 aromatic carbocycles. The van der Waals surface area contributed by atoms with Gasteiger partial charge in [-0.15, -0.1) is 0 Å². The first-order valence-corrected chi connectivity index (χ1v) is 13.2. The van der Waals surface area contributed by atoms with E-state index in [1.54, 1.807) is 20.0 Å². The molecule has 5 heterocycles. The van der Waals surface area contributed by atoms with Gasteiger partial charge in [0.2, 0.25) is 5.91 Å². The lowest BCUT2D eigenvalue weighted by Gasteiger charge is -2.45. The predicted molar refractivity (Wildman–Crippen MR) is 131 cm³/mol. The fourth-order valence-electron chi connectivity index (χ4n) is 4.56. The van der Waals surface area contributed by atoms with Gasteiger partial charge >= 0.3 is 0 Å². The normalized spacial score (nSPS) is 20.2. The van der Waals surface area contributed by atoms with Crippen LogP contribution in [0.25, 0.3) is 22.4 Å². The molecule has 0 radical (unpaired) electrons. The highest BCUT2D eigenvalue weighted by molar-refractivity contribution is 7.91. The largest absolute Gasteiger partial charge is 0.486 e. The number of aromatic amines is 1. The van der Waals surface area contributed by atoms with Gasteiger partial charge in [0.15, 0.2) is 27.2 Å². The Labute approximate surface area is 203 Å². The number of carbonyl (C=O) groups is 1. The summed E-state index contributed by atoms with van der Waals surface area (Å²) in [5.41, 5.74) is 1.83. The molecule has 0 aliphatic carbocycles. The molecule has 2 aliphatic heterocycles. The number of morpholine rings is 1. The maximum absolute atomic E-state index is 12.9. The lowest BCUT2D eigenvalue weighted by Crippen LogP contribution is -2.56. The topological polar surface area (TPSA) is 139 Å². The average molecular weight is 501 g/mol. The first kappa shape index (κ1) is 23.5. The number of H-pyrrole nitrogens is 1. The number of ether oxygens (including phenoxy) is 2. The van der Waals surface area contributed by atoms with Gasteiger partial charge in [-0.1, -0.05) is 0 Å². The summed E-state index contributed by atoms with van der Waals surface area (Å²) in [5.74, 6) is 0.870. The molecule has 12 heteroatoms. The van der Waals surface area contributed by atoms with Crippen molar-refractivity contribution in [1.82, 2.24) is 19.9 Å². The lowest BCUT2D eigenvalue weighted by atomic mass is 10.0. The molecule has 2 atom stereocenters. The maximum Gasteiger partial charge on any atom is 0.221 e. The molecule has 0 bridgehead atoms. The zero-order chi connectivity index (χ0) is 25.1. The number of hydrogen-bond acceptors (Lipinski definition) is 9. The van der Waals surface area contributed by atoms with Gasteiger partial charge in [-0.2, -0.15) is 0 Å². The third-order valence-electron chi connectivity index (χ3n) is 6.67. The fourth-order valence-corrected chi connectivity index (χ4v) is 5.05. The molecule has 1 amide bonds. The van der Waals surface area contributed by atoms with E-state index in [2.05, 4.69) is 20.2 Å². The molecular weight excluding hydrogens is 472 g/mol. The number of sulfone groups is 1. The molecule has 3 aromatic rings. The van der Waals surface area contributed by atoms with Gasteiger partial charge in [0.05, 0.1) is 42.7 Å². The summed E-state index contributed by atoms with van der Waals surface area (Å²) >= 11 is 0. The van der Waals surface area contributed by atoms with Gasteiger partial charge in [0.25, 0.3) is 0 Å². The van der Waals surface area contributed by atoms with Gasteiger partial charge in [-0.3, -0.25) is 4.79 Å². The lowest BCUT2D eigenvalue weighted by molar-refractivity contribution is -0.114. The number of aromatic nitrogens is 4. The van der Waals surface area contributed by atoms with Crippen LogP contribution >= 0.6 is 0 Å². The second-order valence-electron chi connectivity index (χ2n) is 9.56. The number of fused-ring (bicyclic) bond motifs is 4. The molecule has 0 spiro atoms. The third-order valence-corrected chi connectivity index (χ3v) is 8.72. The van der Waals surface area contributed by atoms with Crippen LogP contribution in [0.4, 0.5) is 11.5 Å². The summed E-state index contributed by atoms with van der Waals surface area (Å²) in [6, 6.07) is 1.75. The minimum Gasteiger partial charge on any atom is -0.486 e. The highest BCUT2D eigenvalue weighted by Crippen LogP contribution is 2.45. The second kappa shape index (κ2) is 8.16. The maximum atomic E-state index is 12.9. The Hall–Kier alpha value is -3.25. The summed E-state index contributed by atoms with van der Waals surface area (Å²) in [4.78, 5) is 31.3. The van der Waals surface area contributed by atoms with Crippen LogP contribution in [0.5, 0.6) is 5.75 Å². The quantitative estimate of drug-likeness (QED) is 0.552. The predicted octanol–water partition coefficient (Wildman–Crippen LogP) is 2.24. The minimum atomic E-state index is -3.59. The van der Waals surface area contributed by atoms with Crippen LogP contribution in [0.1, 0.15) is 33.4 Å². The van der Waals surface area contributed by atoms with E-state index in [1.165, 1.54) is 19.4 Å². The zero-order valence-corrected chi connectivity index (χ0v) is 21.1. The Bertz CT molecular complexity index is 1430. The van der Waals surface area contributed by atoms with Crippen molar-refractivity contribution in [2.45, 2.75) is 44.5 Å². The molecule has 1 saturated heterocycles. The summed E-state index contributed by atoms with van der Waals surface area (Å²) in [6.07, 6.45) is 4.46. The van der Waals surface area contributed by atoms with Crippen LogP contribution in [0.15, 0.2) is 18.5 Å². The molecule has 0 unspecified atom stereocenters. The molecule has 2 aliphatic rings. The van der Waals surface area contributed by atoms with Gasteiger partial charge in [-0.25, -0.2) is 23.4 Å². The van der Waals surface area contributed by atoms with Crippen LogP contribution in [-0.2, 0) is 24.1 Å². The van der Waals surface area contributed by atoms with Crippen molar-refractivity contribution in [3.63, 3.8) is 0 Å². The molecule has 3 aromatic heterocycles. The molecule has 186 valence electrons. The highest BCUT2D eigenvalue weighted by Gasteiger charge is 2.44. The molecule has 5 rings (SSSR count). The first-order chi connectivity index (χ1) is 16.5. The van der Waals surface area contributed by atoms with Crippen molar-refractivity contribution in [3.05, 3.63) is 24.2 Å². The van der Waals surface area contributed by atoms with Crippen LogP contribution in [0.2, 0.25) is 0 Å². The van der Waals surface area contributed by atoms with E-state index < -0.39 is 14.6 Å². The molecule has 2 N–H and O–H groups in total. The smallest absolute Gasteiger partial charge is 0.221 e. The summed E-state index contributed by atoms with van der Waals surface area (Å²) < 4.78 is 36.3. The number of amides is 1. The number of pyridine rings is 1. The number of nitrogens with zero attached hydrogens (tertiary/aromatic N) is 4. The molecule has 1 fully saturated rings. The van der Waals surface area contributed by atoms with Gasteiger partial charge in [-0.05, 0) is 26.8 Å². The Morgan fingerprint density at radius 2 is 2.03 bits per heavy atom. The summed E-state index contributed by atoms with van der Waals surface area (Å²) in [6.45, 7) is 7.98. The summed E-state index contributed by atoms with van der Waals surface area (Å²) in [7, 11) is -3.59. The van der Waals surface area contributed by atoms with Crippen molar-refractivity contribution >= 4 is 38.3 Å². The van der Waals surface area contributed by atoms with Crippen molar-refractivity contribution in [2.24, 2.45) is 0 Å². The molecule has 11 nitrogen and oxygen atoms in total. The van der Waals surface area contributed by atoms with Crippen molar-refractivity contribution in [1.29, 1.82) is 0 Å². The fraction of sp³-hybridized carbons (Fsp3) is 0.478. The van der Waals surface area contributed by atoms with Crippen molar-refractivity contribution in [2.75, 3.05) is 36.3 Å². The number of carbonyl (C=O) groups excluding carboxylic acids is 1. The van der Waals surface area contributed by atoms with Gasteiger partial charge in [0, 0.05) is 24.8 Å². The SMILES string of the molecule is CC(=O)Nc1cnc2[nH]ccc2c1-c1nc2c(c(C(C)(C)S(C)(=O)=O)n1)OC[C@@H]1COC[C@@H](C)N21.